The number of nitrogens with two attached hydrogens (primary N) is 1. The number of ether oxygens (including phenoxy) is 3. The number of nitrogens with zero attached hydrogens (tertiary/aromatic N) is 4. The van der Waals surface area contributed by atoms with Gasteiger partial charge < -0.3 is 19.9 Å². The molecule has 2 aliphatic heterocycles. The maximum Gasteiger partial charge on any atom is 0.406 e. The molecular formula is C26H34ClN6O7P. The van der Waals surface area contributed by atoms with E-state index in [0.717, 1.165) is 5.56 Å². The normalized spacial score (nSPS) is 28.5. The summed E-state index contributed by atoms with van der Waals surface area (Å²) in [6.45, 7) is 7.33. The van der Waals surface area contributed by atoms with E-state index in [1.54, 1.807) is 25.3 Å². The number of imidazole rings is 1. The molecule has 6 atom stereocenters. The van der Waals surface area contributed by atoms with Gasteiger partial charge in [0.25, 0.3) is 0 Å². The predicted molar refractivity (Wildman–Crippen MR) is 150 cm³/mol. The third-order valence-electron chi connectivity index (χ3n) is 6.85. The molecule has 0 aliphatic carbocycles. The lowest BCUT2D eigenvalue weighted by molar-refractivity contribution is -0.148. The zero-order valence-electron chi connectivity index (χ0n) is 23.2. The fraction of sp³-hybridized carbons (Fsp3) is 0.538. The van der Waals surface area contributed by atoms with Crippen LogP contribution in [-0.2, 0) is 34.3 Å². The first kappa shape index (κ1) is 29.7. The van der Waals surface area contributed by atoms with Gasteiger partial charge >= 0.3 is 13.7 Å². The van der Waals surface area contributed by atoms with Crippen molar-refractivity contribution in [3.05, 3.63) is 42.2 Å². The number of aromatic nitrogens is 4. The van der Waals surface area contributed by atoms with E-state index >= 15 is 0 Å². The Hall–Kier alpha value is -2.80. The molecule has 2 fully saturated rings. The number of carbonyl (C=O) groups excluding carboxylic acids is 1. The van der Waals surface area contributed by atoms with E-state index in [2.05, 4.69) is 20.0 Å². The second-order valence-electron chi connectivity index (χ2n) is 10.4. The van der Waals surface area contributed by atoms with Crippen LogP contribution in [-0.4, -0.2) is 68.4 Å². The minimum absolute atomic E-state index is 0.00491. The smallest absolute Gasteiger partial charge is 0.406 e. The Balaban J connectivity index is 1.37. The van der Waals surface area contributed by atoms with Crippen LogP contribution in [0.3, 0.4) is 0 Å². The number of halogens is 1. The second kappa shape index (κ2) is 11.8. The van der Waals surface area contributed by atoms with Crippen LogP contribution in [0.2, 0.25) is 0 Å². The highest BCUT2D eigenvalue weighted by atomic mass is 35.5. The monoisotopic (exact) mass is 608 g/mol. The van der Waals surface area contributed by atoms with Crippen molar-refractivity contribution in [2.24, 2.45) is 5.92 Å². The van der Waals surface area contributed by atoms with Crippen LogP contribution in [0.25, 0.3) is 11.2 Å². The number of hydrogen-bond donors (Lipinski definition) is 2. The molecule has 0 amide bonds. The molecule has 0 spiro atoms. The van der Waals surface area contributed by atoms with E-state index in [0.29, 0.717) is 24.2 Å². The van der Waals surface area contributed by atoms with Gasteiger partial charge in [0.1, 0.15) is 23.7 Å². The fourth-order valence-corrected chi connectivity index (χ4v) is 7.07. The first-order chi connectivity index (χ1) is 19.5. The number of nitrogen functional groups attached to an aromatic ring is 1. The van der Waals surface area contributed by atoms with Gasteiger partial charge in [-0.1, -0.05) is 44.2 Å². The minimum atomic E-state index is -3.91. The lowest BCUT2D eigenvalue weighted by Gasteiger charge is -2.36. The Morgan fingerprint density at radius 2 is 2.07 bits per heavy atom. The summed E-state index contributed by atoms with van der Waals surface area (Å²) < 4.78 is 44.7. The van der Waals surface area contributed by atoms with Crippen LogP contribution in [0, 0.1) is 5.92 Å². The summed E-state index contributed by atoms with van der Waals surface area (Å²) >= 11 is 7.09. The second-order valence-corrected chi connectivity index (χ2v) is 13.0. The Morgan fingerprint density at radius 3 is 2.78 bits per heavy atom. The van der Waals surface area contributed by atoms with Crippen molar-refractivity contribution in [1.29, 1.82) is 0 Å². The Kier molecular flexibility index (Phi) is 8.56. The molecular weight excluding hydrogens is 575 g/mol. The van der Waals surface area contributed by atoms with Gasteiger partial charge in [-0.3, -0.25) is 18.4 Å². The molecule has 3 N–H and O–H groups in total. The Bertz CT molecular complexity index is 1440. The van der Waals surface area contributed by atoms with E-state index < -0.39 is 37.1 Å². The van der Waals surface area contributed by atoms with Crippen molar-refractivity contribution >= 4 is 42.4 Å². The molecule has 2 saturated heterocycles. The molecule has 1 aromatic carbocycles. The molecule has 0 saturated carbocycles. The van der Waals surface area contributed by atoms with Gasteiger partial charge in [-0.05, 0) is 25.8 Å². The molecule has 3 aromatic rings. The molecule has 2 unspecified atom stereocenters. The van der Waals surface area contributed by atoms with Crippen LogP contribution < -0.4 is 15.6 Å². The van der Waals surface area contributed by atoms with Gasteiger partial charge in [0.2, 0.25) is 11.8 Å². The van der Waals surface area contributed by atoms with Crippen molar-refractivity contribution in [1.82, 2.24) is 24.6 Å². The Morgan fingerprint density at radius 1 is 1.32 bits per heavy atom. The van der Waals surface area contributed by atoms with Crippen molar-refractivity contribution in [3.8, 4) is 5.88 Å². The van der Waals surface area contributed by atoms with E-state index in [-0.39, 0.29) is 36.9 Å². The molecule has 5 rings (SSSR count). The van der Waals surface area contributed by atoms with E-state index in [1.165, 1.54) is 6.33 Å². The molecule has 222 valence electrons. The Labute approximate surface area is 242 Å². The van der Waals surface area contributed by atoms with Crippen molar-refractivity contribution in [2.45, 2.75) is 63.5 Å². The average Bonchev–Trinajstić information content (AvgIpc) is 3.45. The summed E-state index contributed by atoms with van der Waals surface area (Å²) in [5.41, 5.74) is 7.65. The molecule has 15 heteroatoms. The molecule has 2 aromatic heterocycles. The van der Waals surface area contributed by atoms with Crippen LogP contribution >= 0.6 is 19.3 Å². The summed E-state index contributed by atoms with van der Waals surface area (Å²) in [6, 6.07) is 9.01. The maximum atomic E-state index is 13.9. The summed E-state index contributed by atoms with van der Waals surface area (Å²) in [5.74, 6) is -0.416. The zero-order valence-corrected chi connectivity index (χ0v) is 24.9. The van der Waals surface area contributed by atoms with Crippen LogP contribution in [0.4, 0.5) is 5.95 Å². The highest BCUT2D eigenvalue weighted by molar-refractivity contribution is 7.51. The van der Waals surface area contributed by atoms with Crippen molar-refractivity contribution in [3.63, 3.8) is 0 Å². The highest BCUT2D eigenvalue weighted by Gasteiger charge is 2.60. The SMILES string of the molecule is CCOc1nc(N)nc2c1ncn2[C@@H]1O[C@@H]2COP(=O)(NC(COC(=O)C(C)C)Cc3ccccc3)O[C@H]2[C@@]1(C)Cl. The van der Waals surface area contributed by atoms with Crippen molar-refractivity contribution < 1.29 is 32.6 Å². The van der Waals surface area contributed by atoms with E-state index in [9.17, 15) is 9.36 Å². The number of alkyl halides is 1. The summed E-state index contributed by atoms with van der Waals surface area (Å²) in [7, 11) is -3.91. The third kappa shape index (κ3) is 6.20. The predicted octanol–water partition coefficient (Wildman–Crippen LogP) is 3.63. The van der Waals surface area contributed by atoms with Gasteiger partial charge in [-0.25, -0.2) is 14.6 Å². The first-order valence-corrected chi connectivity index (χ1v) is 15.3. The summed E-state index contributed by atoms with van der Waals surface area (Å²) in [5, 5.41) is 2.98. The lowest BCUT2D eigenvalue weighted by Crippen LogP contribution is -2.47. The van der Waals surface area contributed by atoms with Gasteiger partial charge in [0.15, 0.2) is 17.4 Å². The van der Waals surface area contributed by atoms with E-state index in [4.69, 9.17) is 40.6 Å². The number of nitrogens with one attached hydrogen (secondary N) is 1. The third-order valence-corrected chi connectivity index (χ3v) is 8.92. The number of esters is 1. The van der Waals surface area contributed by atoms with Gasteiger partial charge in [0, 0.05) is 0 Å². The van der Waals surface area contributed by atoms with E-state index in [1.807, 2.05) is 37.3 Å². The standard InChI is InChI=1S/C26H34ClN6O7P/c1-5-36-22-19-21(30-25(28)31-22)33(14-29-19)24-26(4,27)20-18(39-24)13-38-41(35,40-20)32-17(12-37-23(34)15(2)3)11-16-9-7-6-8-10-16/h6-10,14-15,17-18,20,24H,5,11-13H2,1-4H3,(H,32,35)(H2,28,30,31)/t17?,18-,20-,24-,26-,41?/m1/s1. The minimum Gasteiger partial charge on any atom is -0.476 e. The highest BCUT2D eigenvalue weighted by Crippen LogP contribution is 2.58. The number of fused-ring (bicyclic) bond motifs is 2. The van der Waals surface area contributed by atoms with Gasteiger partial charge in [-0.2, -0.15) is 9.97 Å². The zero-order chi connectivity index (χ0) is 29.4. The van der Waals surface area contributed by atoms with Gasteiger partial charge in [0.05, 0.1) is 31.5 Å². The van der Waals surface area contributed by atoms with Crippen LogP contribution in [0.15, 0.2) is 36.7 Å². The molecule has 0 bridgehead atoms. The lowest BCUT2D eigenvalue weighted by atomic mass is 10.0. The largest absolute Gasteiger partial charge is 0.476 e. The van der Waals surface area contributed by atoms with Crippen molar-refractivity contribution in [2.75, 3.05) is 25.6 Å². The summed E-state index contributed by atoms with van der Waals surface area (Å²) in [6.07, 6.45) is -0.365. The number of benzene rings is 1. The first-order valence-electron chi connectivity index (χ1n) is 13.4. The number of hydrogen-bond acceptors (Lipinski definition) is 11. The molecule has 2 aliphatic rings. The maximum absolute atomic E-state index is 13.9. The number of carbonyl (C=O) groups is 1. The quantitative estimate of drug-likeness (QED) is 0.196. The average molecular weight is 609 g/mol. The van der Waals surface area contributed by atoms with Crippen LogP contribution in [0.5, 0.6) is 5.88 Å². The van der Waals surface area contributed by atoms with Crippen LogP contribution in [0.1, 0.15) is 39.5 Å². The van der Waals surface area contributed by atoms with Gasteiger partial charge in [-0.15, -0.1) is 11.6 Å². The molecule has 0 radical (unpaired) electrons. The number of rotatable bonds is 10. The molecule has 41 heavy (non-hydrogen) atoms. The number of anilines is 1. The fourth-order valence-electron chi connectivity index (χ4n) is 4.86. The topological polar surface area (TPSA) is 162 Å². The molecule has 13 nitrogen and oxygen atoms in total. The molecule has 4 heterocycles. The summed E-state index contributed by atoms with van der Waals surface area (Å²) in [4.78, 5) is 23.8.